The van der Waals surface area contributed by atoms with Crippen molar-refractivity contribution in [1.29, 1.82) is 0 Å². The lowest BCUT2D eigenvalue weighted by Crippen LogP contribution is -2.44. The molecule has 2 saturated heterocycles. The summed E-state index contributed by atoms with van der Waals surface area (Å²) in [4.78, 5) is 11.7. The van der Waals surface area contributed by atoms with Gasteiger partial charge in [0.25, 0.3) is 0 Å². The second kappa shape index (κ2) is 3.21. The van der Waals surface area contributed by atoms with E-state index in [1.807, 2.05) is 13.8 Å². The number of carbonyl (C=O) groups excluding carboxylic acids is 1. The van der Waals surface area contributed by atoms with Gasteiger partial charge in [-0.3, -0.25) is 15.4 Å². The monoisotopic (exact) mass is 198 g/mol. The highest BCUT2D eigenvalue weighted by molar-refractivity contribution is 5.76. The van der Waals surface area contributed by atoms with Gasteiger partial charge in [0.15, 0.2) is 0 Å². The minimum Gasteiger partial charge on any atom is -0.459 e. The number of rotatable bonds is 1. The Labute approximate surface area is 84.4 Å². The maximum atomic E-state index is 11.7. The van der Waals surface area contributed by atoms with E-state index < -0.39 is 0 Å². The Hall–Kier alpha value is -0.610. The van der Waals surface area contributed by atoms with Crippen molar-refractivity contribution >= 4 is 5.97 Å². The number of hydrogen-bond donors (Lipinski definition) is 2. The summed E-state index contributed by atoms with van der Waals surface area (Å²) in [5.41, 5.74) is -0.326. The maximum Gasteiger partial charge on any atom is 0.312 e. The van der Waals surface area contributed by atoms with E-state index in [2.05, 4.69) is 17.6 Å². The van der Waals surface area contributed by atoms with E-state index >= 15 is 0 Å². The summed E-state index contributed by atoms with van der Waals surface area (Å²) in [7, 11) is 0. The van der Waals surface area contributed by atoms with Crippen molar-refractivity contribution in [2.75, 3.05) is 13.1 Å². The number of esters is 1. The molecule has 4 heteroatoms. The van der Waals surface area contributed by atoms with Crippen molar-refractivity contribution < 1.29 is 9.53 Å². The largest absolute Gasteiger partial charge is 0.459 e. The first kappa shape index (κ1) is 9.93. The van der Waals surface area contributed by atoms with Gasteiger partial charge in [-0.05, 0) is 13.8 Å². The van der Waals surface area contributed by atoms with Gasteiger partial charge in [0, 0.05) is 19.0 Å². The van der Waals surface area contributed by atoms with Gasteiger partial charge >= 0.3 is 5.97 Å². The third kappa shape index (κ3) is 1.42. The van der Waals surface area contributed by atoms with Gasteiger partial charge in [-0.1, -0.05) is 6.92 Å². The van der Waals surface area contributed by atoms with Crippen LogP contribution in [0.1, 0.15) is 20.8 Å². The van der Waals surface area contributed by atoms with Crippen molar-refractivity contribution in [2.24, 2.45) is 11.8 Å². The Bertz CT molecular complexity index is 247. The number of cyclic esters (lactones) is 1. The van der Waals surface area contributed by atoms with Crippen LogP contribution in [0.4, 0.5) is 0 Å². The Morgan fingerprint density at radius 2 is 1.93 bits per heavy atom. The molecule has 2 rings (SSSR count). The van der Waals surface area contributed by atoms with E-state index in [9.17, 15) is 4.79 Å². The Kier molecular flexibility index (Phi) is 2.27. The molecule has 2 atom stereocenters. The topological polar surface area (TPSA) is 50.4 Å². The lowest BCUT2D eigenvalue weighted by atomic mass is 9.83. The van der Waals surface area contributed by atoms with Gasteiger partial charge in [0.05, 0.1) is 12.1 Å². The molecule has 2 N–H and O–H groups in total. The van der Waals surface area contributed by atoms with Crippen molar-refractivity contribution in [3.05, 3.63) is 0 Å². The molecule has 0 aliphatic carbocycles. The third-order valence-corrected chi connectivity index (χ3v) is 3.48. The van der Waals surface area contributed by atoms with Crippen LogP contribution in [0.5, 0.6) is 0 Å². The molecule has 2 aliphatic heterocycles. The molecule has 0 saturated carbocycles. The Morgan fingerprint density at radius 3 is 2.36 bits per heavy atom. The molecule has 2 unspecified atom stereocenters. The lowest BCUT2D eigenvalue weighted by Gasteiger charge is -2.25. The SMILES string of the molecule is CC1C(C2NCCN2)C(=O)OC1(C)C. The molecule has 0 radical (unpaired) electrons. The second-order valence-electron chi connectivity index (χ2n) is 4.72. The molecule has 0 bridgehead atoms. The Balaban J connectivity index is 2.15. The van der Waals surface area contributed by atoms with Crippen LogP contribution >= 0.6 is 0 Å². The lowest BCUT2D eigenvalue weighted by molar-refractivity contribution is -0.149. The van der Waals surface area contributed by atoms with Gasteiger partial charge in [-0.15, -0.1) is 0 Å². The zero-order valence-corrected chi connectivity index (χ0v) is 8.96. The van der Waals surface area contributed by atoms with Crippen LogP contribution < -0.4 is 10.6 Å². The minimum atomic E-state index is -0.326. The van der Waals surface area contributed by atoms with Crippen LogP contribution in [0.15, 0.2) is 0 Å². The van der Waals surface area contributed by atoms with Crippen molar-refractivity contribution in [1.82, 2.24) is 10.6 Å². The first-order chi connectivity index (χ1) is 6.52. The summed E-state index contributed by atoms with van der Waals surface area (Å²) in [6.07, 6.45) is 0.0966. The van der Waals surface area contributed by atoms with Gasteiger partial charge in [0.1, 0.15) is 5.60 Å². The zero-order valence-electron chi connectivity index (χ0n) is 8.96. The van der Waals surface area contributed by atoms with E-state index in [-0.39, 0.29) is 29.6 Å². The standard InChI is InChI=1S/C10H18N2O2/c1-6-7(8-11-4-5-12-8)9(13)14-10(6,2)3/h6-8,11-12H,4-5H2,1-3H3. The highest BCUT2D eigenvalue weighted by atomic mass is 16.6. The fourth-order valence-electron chi connectivity index (χ4n) is 2.26. The van der Waals surface area contributed by atoms with Crippen molar-refractivity contribution in [3.63, 3.8) is 0 Å². The summed E-state index contributed by atoms with van der Waals surface area (Å²) in [6, 6.07) is 0. The fourth-order valence-corrected chi connectivity index (χ4v) is 2.26. The summed E-state index contributed by atoms with van der Waals surface area (Å²) in [5.74, 6) is 0.125. The average molecular weight is 198 g/mol. The molecular formula is C10H18N2O2. The molecule has 0 aromatic heterocycles. The van der Waals surface area contributed by atoms with E-state index in [0.29, 0.717) is 0 Å². The number of nitrogens with one attached hydrogen (secondary N) is 2. The summed E-state index contributed by atoms with van der Waals surface area (Å²) < 4.78 is 5.37. The average Bonchev–Trinajstić information content (AvgIpc) is 2.61. The third-order valence-electron chi connectivity index (χ3n) is 3.48. The van der Waals surface area contributed by atoms with Crippen LogP contribution in [0, 0.1) is 11.8 Å². The Morgan fingerprint density at radius 1 is 1.36 bits per heavy atom. The summed E-state index contributed by atoms with van der Waals surface area (Å²) in [6.45, 7) is 7.90. The van der Waals surface area contributed by atoms with E-state index in [1.165, 1.54) is 0 Å². The fraction of sp³-hybridized carbons (Fsp3) is 0.900. The molecule has 0 aromatic carbocycles. The molecule has 0 aromatic rings. The molecule has 2 aliphatic rings. The van der Waals surface area contributed by atoms with Gasteiger partial charge < -0.3 is 4.74 Å². The molecular weight excluding hydrogens is 180 g/mol. The molecule has 4 nitrogen and oxygen atoms in total. The molecule has 0 spiro atoms. The summed E-state index contributed by atoms with van der Waals surface area (Å²) >= 11 is 0. The first-order valence-corrected chi connectivity index (χ1v) is 5.22. The molecule has 2 heterocycles. The number of ether oxygens (including phenoxy) is 1. The predicted octanol–water partition coefficient (Wildman–Crippen LogP) is 0.0930. The molecule has 0 amide bonds. The predicted molar refractivity (Wildman–Crippen MR) is 52.6 cm³/mol. The highest BCUT2D eigenvalue weighted by Crippen LogP contribution is 2.38. The van der Waals surface area contributed by atoms with Gasteiger partial charge in [-0.25, -0.2) is 0 Å². The van der Waals surface area contributed by atoms with Gasteiger partial charge in [0.2, 0.25) is 0 Å². The van der Waals surface area contributed by atoms with Crippen LogP contribution in [0.25, 0.3) is 0 Å². The quantitative estimate of drug-likeness (QED) is 0.586. The van der Waals surface area contributed by atoms with E-state index in [4.69, 9.17) is 4.74 Å². The smallest absolute Gasteiger partial charge is 0.312 e. The van der Waals surface area contributed by atoms with Crippen LogP contribution in [-0.4, -0.2) is 30.8 Å². The summed E-state index contributed by atoms with van der Waals surface area (Å²) in [5, 5.41) is 6.57. The van der Waals surface area contributed by atoms with Crippen LogP contribution in [0.3, 0.4) is 0 Å². The first-order valence-electron chi connectivity index (χ1n) is 5.22. The molecule has 14 heavy (non-hydrogen) atoms. The van der Waals surface area contributed by atoms with Crippen molar-refractivity contribution in [3.8, 4) is 0 Å². The molecule has 80 valence electrons. The number of hydrogen-bond acceptors (Lipinski definition) is 4. The van der Waals surface area contributed by atoms with Gasteiger partial charge in [-0.2, -0.15) is 0 Å². The highest BCUT2D eigenvalue weighted by Gasteiger charge is 2.50. The van der Waals surface area contributed by atoms with E-state index in [1.54, 1.807) is 0 Å². The zero-order chi connectivity index (χ0) is 10.3. The van der Waals surface area contributed by atoms with Crippen LogP contribution in [0.2, 0.25) is 0 Å². The normalized spacial score (nSPS) is 37.5. The van der Waals surface area contributed by atoms with Crippen molar-refractivity contribution in [2.45, 2.75) is 32.5 Å². The minimum absolute atomic E-state index is 0.0486. The van der Waals surface area contributed by atoms with E-state index in [0.717, 1.165) is 13.1 Å². The number of carbonyl (C=O) groups is 1. The maximum absolute atomic E-state index is 11.7. The second-order valence-corrected chi connectivity index (χ2v) is 4.72. The van der Waals surface area contributed by atoms with Crippen LogP contribution in [-0.2, 0) is 9.53 Å². The molecule has 2 fully saturated rings.